The average Bonchev–Trinajstić information content (AvgIpc) is 4.05. The van der Waals surface area contributed by atoms with Crippen LogP contribution >= 0.6 is 0 Å². The van der Waals surface area contributed by atoms with Crippen molar-refractivity contribution in [1.82, 2.24) is 9.55 Å². The van der Waals surface area contributed by atoms with E-state index < -0.39 is 0 Å². The van der Waals surface area contributed by atoms with Crippen LogP contribution in [-0.2, 0) is 0 Å². The molecule has 0 amide bonds. The van der Waals surface area contributed by atoms with Gasteiger partial charge in [-0.1, -0.05) is 161 Å². The number of imidazole rings is 1. The summed E-state index contributed by atoms with van der Waals surface area (Å²) in [7, 11) is 0. The van der Waals surface area contributed by atoms with Crippen LogP contribution in [0.2, 0.25) is 0 Å². The van der Waals surface area contributed by atoms with Gasteiger partial charge in [-0.2, -0.15) is 0 Å². The molecule has 0 radical (unpaired) electrons. The van der Waals surface area contributed by atoms with Crippen molar-refractivity contribution in [1.29, 1.82) is 0 Å². The molecule has 0 saturated heterocycles. The number of aromatic nitrogens is 2. The van der Waals surface area contributed by atoms with Crippen molar-refractivity contribution in [3.63, 3.8) is 0 Å². The van der Waals surface area contributed by atoms with E-state index in [9.17, 15) is 0 Å². The molecular formula is C60H43N3O2. The molecule has 0 aliphatic rings. The molecule has 3 heterocycles. The summed E-state index contributed by atoms with van der Waals surface area (Å²) in [6.45, 7) is 17.6. The maximum atomic E-state index is 8.42. The van der Waals surface area contributed by atoms with Crippen LogP contribution in [0.25, 0.3) is 121 Å². The summed E-state index contributed by atoms with van der Waals surface area (Å²) in [4.78, 5) is 9.62. The summed E-state index contributed by atoms with van der Waals surface area (Å²) >= 11 is 0. The van der Waals surface area contributed by atoms with Crippen molar-refractivity contribution < 1.29 is 8.83 Å². The molecule has 65 heavy (non-hydrogen) atoms. The van der Waals surface area contributed by atoms with Gasteiger partial charge in [0.05, 0.1) is 34.2 Å². The largest absolute Gasteiger partial charge is 0.457 e. The van der Waals surface area contributed by atoms with E-state index in [0.29, 0.717) is 22.4 Å². The first-order valence-electron chi connectivity index (χ1n) is 22.4. The third-order valence-corrected chi connectivity index (χ3v) is 13.2. The van der Waals surface area contributed by atoms with Crippen LogP contribution < -0.4 is 0 Å². The summed E-state index contributed by atoms with van der Waals surface area (Å²) in [5.41, 5.74) is 16.5. The average molecular weight is 838 g/mol. The number of benzene rings is 9. The molecule has 0 unspecified atom stereocenters. The highest BCUT2D eigenvalue weighted by Crippen LogP contribution is 2.48. The minimum atomic E-state index is 0.200. The van der Waals surface area contributed by atoms with E-state index in [1.807, 2.05) is 12.1 Å². The molecule has 9 aromatic carbocycles. The van der Waals surface area contributed by atoms with Crippen LogP contribution in [0.15, 0.2) is 185 Å². The van der Waals surface area contributed by atoms with Crippen LogP contribution in [0, 0.1) is 6.57 Å². The number of fused-ring (bicyclic) bond motifs is 10. The number of hydrogen-bond acceptors (Lipinski definition) is 3. The van der Waals surface area contributed by atoms with Gasteiger partial charge in [-0.3, -0.25) is 4.57 Å². The van der Waals surface area contributed by atoms with Crippen molar-refractivity contribution in [2.45, 2.75) is 39.5 Å². The second-order valence-electron chi connectivity index (χ2n) is 17.7. The van der Waals surface area contributed by atoms with Gasteiger partial charge in [-0.05, 0) is 104 Å². The lowest BCUT2D eigenvalue weighted by atomic mass is 9.88. The number of para-hydroxylation sites is 1. The SMILES string of the molecule is [C-]#[N+]c1cc2oc3cc(-c4ccc(-c5ccccc5)cc4)ccc3c2c2oc3c(-c4nc5ccc6ccccc6c5n4-c4c(C(C)C)cc(-c5ccccc5)cc4C(C)C)cccc3c12. The maximum Gasteiger partial charge on any atom is 0.202 e. The Morgan fingerprint density at radius 2 is 1.11 bits per heavy atom. The van der Waals surface area contributed by atoms with Crippen molar-refractivity contribution >= 4 is 71.4 Å². The van der Waals surface area contributed by atoms with Gasteiger partial charge in [-0.15, -0.1) is 0 Å². The number of nitrogens with zero attached hydrogens (tertiary/aromatic N) is 3. The van der Waals surface area contributed by atoms with Crippen LogP contribution in [0.5, 0.6) is 0 Å². The Balaban J connectivity index is 1.11. The Kier molecular flexibility index (Phi) is 8.86. The quantitative estimate of drug-likeness (QED) is 0.150. The zero-order valence-corrected chi connectivity index (χ0v) is 36.6. The second-order valence-corrected chi connectivity index (χ2v) is 17.7. The van der Waals surface area contributed by atoms with Gasteiger partial charge >= 0.3 is 0 Å². The zero-order valence-electron chi connectivity index (χ0n) is 36.6. The molecule has 5 heteroatoms. The number of hydrogen-bond donors (Lipinski definition) is 0. The highest BCUT2D eigenvalue weighted by molar-refractivity contribution is 6.27. The summed E-state index contributed by atoms with van der Waals surface area (Å²) in [6.07, 6.45) is 0. The summed E-state index contributed by atoms with van der Waals surface area (Å²) in [5.74, 6) is 1.19. The predicted octanol–water partition coefficient (Wildman–Crippen LogP) is 17.4. The van der Waals surface area contributed by atoms with Crippen molar-refractivity contribution in [2.24, 2.45) is 0 Å². The normalized spacial score (nSPS) is 12.0. The third kappa shape index (κ3) is 6.09. The Morgan fingerprint density at radius 3 is 1.80 bits per heavy atom. The minimum absolute atomic E-state index is 0.200. The molecular weight excluding hydrogens is 795 g/mol. The topological polar surface area (TPSA) is 48.5 Å². The number of furan rings is 2. The molecule has 5 nitrogen and oxygen atoms in total. The van der Waals surface area contributed by atoms with E-state index in [2.05, 4.69) is 201 Å². The van der Waals surface area contributed by atoms with Crippen molar-refractivity contribution in [2.75, 3.05) is 0 Å². The summed E-state index contributed by atoms with van der Waals surface area (Å²) in [5, 5.41) is 5.72. The molecule has 0 saturated carbocycles. The molecule has 0 N–H and O–H groups in total. The van der Waals surface area contributed by atoms with E-state index in [1.54, 1.807) is 0 Å². The maximum absolute atomic E-state index is 8.42. The van der Waals surface area contributed by atoms with Gasteiger partial charge in [0, 0.05) is 21.5 Å². The first-order valence-corrected chi connectivity index (χ1v) is 22.4. The highest BCUT2D eigenvalue weighted by Gasteiger charge is 2.28. The molecule has 12 rings (SSSR count). The first kappa shape index (κ1) is 38.5. The van der Waals surface area contributed by atoms with Crippen LogP contribution in [0.4, 0.5) is 5.69 Å². The Bertz CT molecular complexity index is 3850. The Hall–Kier alpha value is -8.20. The molecule has 0 spiro atoms. The number of rotatable bonds is 7. The van der Waals surface area contributed by atoms with Gasteiger partial charge in [0.25, 0.3) is 0 Å². The van der Waals surface area contributed by atoms with E-state index >= 15 is 0 Å². The van der Waals surface area contributed by atoms with E-state index in [4.69, 9.17) is 20.4 Å². The molecule has 310 valence electrons. The van der Waals surface area contributed by atoms with Crippen molar-refractivity contribution in [3.05, 3.63) is 198 Å². The lowest BCUT2D eigenvalue weighted by Crippen LogP contribution is -2.09. The Morgan fingerprint density at radius 1 is 0.492 bits per heavy atom. The standard InChI is InChI=1S/C60H43N3O2/c1-35(2)48-31-43(38-17-10-7-11-18-38)32-49(36(3)4)56(48)63-57-44-20-13-12-19-41(44)28-30-50(57)62-60(63)47-22-14-21-46-54-51(61-5)34-53-55(59(54)65-58(46)47)45-29-27-42(33-52(45)64-53)40-25-23-39(24-26-40)37-15-8-6-9-16-37/h6-36H,1-4H3. The fraction of sp³-hybridized carbons (Fsp3) is 0.100. The third-order valence-electron chi connectivity index (χ3n) is 13.2. The first-order chi connectivity index (χ1) is 31.8. The van der Waals surface area contributed by atoms with Gasteiger partial charge in [0.15, 0.2) is 0 Å². The fourth-order valence-corrected chi connectivity index (χ4v) is 9.98. The highest BCUT2D eigenvalue weighted by atomic mass is 16.3. The fourth-order valence-electron chi connectivity index (χ4n) is 9.98. The summed E-state index contributed by atoms with van der Waals surface area (Å²) in [6, 6.07) is 61.9. The van der Waals surface area contributed by atoms with Crippen molar-refractivity contribution in [3.8, 4) is 50.5 Å². The van der Waals surface area contributed by atoms with E-state index in [-0.39, 0.29) is 11.8 Å². The lowest BCUT2D eigenvalue weighted by Gasteiger charge is -2.24. The molecule has 0 bridgehead atoms. The van der Waals surface area contributed by atoms with E-state index in [0.717, 1.165) is 77.1 Å². The molecule has 0 fully saturated rings. The molecule has 0 aliphatic carbocycles. The summed E-state index contributed by atoms with van der Waals surface area (Å²) < 4.78 is 16.2. The van der Waals surface area contributed by atoms with Gasteiger partial charge in [0.2, 0.25) is 5.69 Å². The van der Waals surface area contributed by atoms with Gasteiger partial charge in [-0.25, -0.2) is 9.83 Å². The van der Waals surface area contributed by atoms with Gasteiger partial charge < -0.3 is 8.83 Å². The molecule has 0 aliphatic heterocycles. The van der Waals surface area contributed by atoms with Gasteiger partial charge in [0.1, 0.15) is 28.2 Å². The zero-order chi connectivity index (χ0) is 43.9. The minimum Gasteiger partial charge on any atom is -0.457 e. The molecule has 0 atom stereocenters. The molecule has 12 aromatic rings. The smallest absolute Gasteiger partial charge is 0.202 e. The van der Waals surface area contributed by atoms with Crippen LogP contribution in [-0.4, -0.2) is 9.55 Å². The lowest BCUT2D eigenvalue weighted by molar-refractivity contribution is 0.663. The monoisotopic (exact) mass is 837 g/mol. The van der Waals surface area contributed by atoms with E-state index in [1.165, 1.54) is 33.4 Å². The predicted molar refractivity (Wildman–Crippen MR) is 269 cm³/mol. The van der Waals surface area contributed by atoms with Crippen LogP contribution in [0.1, 0.15) is 50.7 Å². The second kappa shape index (κ2) is 15.0. The van der Waals surface area contributed by atoms with Crippen LogP contribution in [0.3, 0.4) is 0 Å². The Labute approximate surface area is 376 Å². The molecule has 3 aromatic heterocycles.